The zero-order valence-electron chi connectivity index (χ0n) is 11.1. The molecule has 1 aliphatic rings. The van der Waals surface area contributed by atoms with Gasteiger partial charge >= 0.3 is 0 Å². The molecule has 3 rings (SSSR count). The maximum absolute atomic E-state index is 12.5. The number of nitrogens with two attached hydrogens (primary N) is 1. The first-order valence-corrected chi connectivity index (χ1v) is 7.32. The lowest BCUT2D eigenvalue weighted by Gasteiger charge is -2.34. The number of aryl methyl sites for hydroxylation is 1. The lowest BCUT2D eigenvalue weighted by molar-refractivity contribution is 0.0658. The van der Waals surface area contributed by atoms with Gasteiger partial charge in [-0.1, -0.05) is 0 Å². The second kappa shape index (κ2) is 4.49. The van der Waals surface area contributed by atoms with Crippen molar-refractivity contribution in [2.24, 2.45) is 0 Å². The van der Waals surface area contributed by atoms with E-state index in [9.17, 15) is 4.79 Å². The van der Waals surface area contributed by atoms with Crippen LogP contribution in [0.5, 0.6) is 0 Å². The summed E-state index contributed by atoms with van der Waals surface area (Å²) < 4.78 is 0. The highest BCUT2D eigenvalue weighted by molar-refractivity contribution is 7.21. The fraction of sp³-hybridized carbons (Fsp3) is 0.429. The molecule has 0 unspecified atom stereocenters. The molecule has 2 heterocycles. The van der Waals surface area contributed by atoms with Gasteiger partial charge < -0.3 is 10.6 Å². The number of amides is 1. The zero-order valence-corrected chi connectivity index (χ0v) is 12.0. The first kappa shape index (κ1) is 12.4. The number of nitrogens with zero attached hydrogens (tertiary/aromatic N) is 2. The lowest BCUT2D eigenvalue weighted by atomic mass is 9.92. The van der Waals surface area contributed by atoms with E-state index in [1.54, 1.807) is 6.20 Å². The van der Waals surface area contributed by atoms with Gasteiger partial charge in [-0.25, -0.2) is 4.98 Å². The molecule has 1 amide bonds. The second-order valence-corrected chi connectivity index (χ2v) is 6.15. The van der Waals surface area contributed by atoms with Crippen LogP contribution in [0.25, 0.3) is 10.2 Å². The van der Waals surface area contributed by atoms with Crippen LogP contribution < -0.4 is 5.73 Å². The molecule has 0 aliphatic heterocycles. The van der Waals surface area contributed by atoms with Crippen molar-refractivity contribution in [2.75, 3.05) is 12.8 Å². The third kappa shape index (κ3) is 1.89. The molecule has 0 aromatic carbocycles. The van der Waals surface area contributed by atoms with Crippen LogP contribution in [0, 0.1) is 6.92 Å². The predicted molar refractivity (Wildman–Crippen MR) is 78.5 cm³/mol. The summed E-state index contributed by atoms with van der Waals surface area (Å²) in [6, 6.07) is 2.31. The van der Waals surface area contributed by atoms with E-state index < -0.39 is 0 Å². The van der Waals surface area contributed by atoms with E-state index >= 15 is 0 Å². The van der Waals surface area contributed by atoms with Crippen LogP contribution in [0.4, 0.5) is 5.69 Å². The molecule has 0 bridgehead atoms. The number of aromatic nitrogens is 1. The standard InChI is InChI=1S/C14H17N3OS/c1-8-6-7-16-13-10(8)11(15)12(19-13)14(18)17(2)9-4-3-5-9/h6-7,9H,3-5,15H2,1-2H3. The molecule has 100 valence electrons. The van der Waals surface area contributed by atoms with Gasteiger partial charge in [0.05, 0.1) is 5.69 Å². The number of hydrogen-bond donors (Lipinski definition) is 1. The topological polar surface area (TPSA) is 59.2 Å². The highest BCUT2D eigenvalue weighted by Crippen LogP contribution is 2.36. The maximum Gasteiger partial charge on any atom is 0.266 e. The molecule has 1 aliphatic carbocycles. The van der Waals surface area contributed by atoms with Crippen molar-refractivity contribution in [3.63, 3.8) is 0 Å². The Kier molecular flexibility index (Phi) is 2.93. The zero-order chi connectivity index (χ0) is 13.6. The van der Waals surface area contributed by atoms with Gasteiger partial charge in [0.15, 0.2) is 0 Å². The molecule has 2 aromatic heterocycles. The van der Waals surface area contributed by atoms with Crippen molar-refractivity contribution in [1.29, 1.82) is 0 Å². The van der Waals surface area contributed by atoms with Crippen LogP contribution in [0.1, 0.15) is 34.5 Å². The van der Waals surface area contributed by atoms with E-state index in [1.807, 2.05) is 24.9 Å². The SMILES string of the molecule is Cc1ccnc2sc(C(=O)N(C)C3CCC3)c(N)c12. The largest absolute Gasteiger partial charge is 0.397 e. The van der Waals surface area contributed by atoms with Gasteiger partial charge in [0.2, 0.25) is 0 Å². The second-order valence-electron chi connectivity index (χ2n) is 5.15. The van der Waals surface area contributed by atoms with E-state index in [4.69, 9.17) is 5.73 Å². The molecule has 2 N–H and O–H groups in total. The summed E-state index contributed by atoms with van der Waals surface area (Å²) in [6.45, 7) is 2.00. The molecule has 1 saturated carbocycles. The average Bonchev–Trinajstić information content (AvgIpc) is 2.65. The van der Waals surface area contributed by atoms with Crippen molar-refractivity contribution < 1.29 is 4.79 Å². The summed E-state index contributed by atoms with van der Waals surface area (Å²) in [6.07, 6.45) is 5.18. The van der Waals surface area contributed by atoms with E-state index in [0.717, 1.165) is 28.6 Å². The van der Waals surface area contributed by atoms with Gasteiger partial charge in [0, 0.05) is 24.7 Å². The molecule has 1 fully saturated rings. The molecule has 0 radical (unpaired) electrons. The minimum Gasteiger partial charge on any atom is -0.397 e. The lowest BCUT2D eigenvalue weighted by Crippen LogP contribution is -2.41. The van der Waals surface area contributed by atoms with Gasteiger partial charge in [-0.2, -0.15) is 0 Å². The minimum absolute atomic E-state index is 0.0320. The van der Waals surface area contributed by atoms with Gasteiger partial charge in [-0.05, 0) is 37.8 Å². The highest BCUT2D eigenvalue weighted by Gasteiger charge is 2.29. The Bertz CT molecular complexity index is 645. The average molecular weight is 275 g/mol. The number of thiophene rings is 1. The van der Waals surface area contributed by atoms with Crippen molar-refractivity contribution in [1.82, 2.24) is 9.88 Å². The van der Waals surface area contributed by atoms with E-state index in [2.05, 4.69) is 4.98 Å². The molecule has 0 saturated heterocycles. The van der Waals surface area contributed by atoms with Crippen LogP contribution in [0.15, 0.2) is 12.3 Å². The monoisotopic (exact) mass is 275 g/mol. The molecule has 5 heteroatoms. The fourth-order valence-electron chi connectivity index (χ4n) is 2.46. The van der Waals surface area contributed by atoms with Crippen molar-refractivity contribution in [3.8, 4) is 0 Å². The Morgan fingerprint density at radius 2 is 2.26 bits per heavy atom. The minimum atomic E-state index is 0.0320. The van der Waals surface area contributed by atoms with Crippen LogP contribution in [0.2, 0.25) is 0 Å². The van der Waals surface area contributed by atoms with E-state index in [-0.39, 0.29) is 5.91 Å². The van der Waals surface area contributed by atoms with Crippen molar-refractivity contribution in [3.05, 3.63) is 22.7 Å². The summed E-state index contributed by atoms with van der Waals surface area (Å²) in [5.41, 5.74) is 7.82. The number of fused-ring (bicyclic) bond motifs is 1. The first-order valence-electron chi connectivity index (χ1n) is 6.50. The van der Waals surface area contributed by atoms with E-state index in [1.165, 1.54) is 17.8 Å². The van der Waals surface area contributed by atoms with Gasteiger partial charge in [-0.15, -0.1) is 11.3 Å². The Labute approximate surface area is 116 Å². The molecule has 2 aromatic rings. The van der Waals surface area contributed by atoms with Gasteiger partial charge in [0.25, 0.3) is 5.91 Å². The number of nitrogen functional groups attached to an aromatic ring is 1. The Hall–Kier alpha value is -1.62. The molecule has 0 atom stereocenters. The highest BCUT2D eigenvalue weighted by atomic mass is 32.1. The number of rotatable bonds is 2. The fourth-order valence-corrected chi connectivity index (χ4v) is 3.59. The quantitative estimate of drug-likeness (QED) is 0.916. The number of carbonyl (C=O) groups excluding carboxylic acids is 1. The summed E-state index contributed by atoms with van der Waals surface area (Å²) in [5, 5.41) is 0.929. The van der Waals surface area contributed by atoms with Crippen LogP contribution in [-0.2, 0) is 0 Å². The summed E-state index contributed by atoms with van der Waals surface area (Å²) in [7, 11) is 1.87. The maximum atomic E-state index is 12.5. The molecule has 4 nitrogen and oxygen atoms in total. The Morgan fingerprint density at radius 1 is 1.53 bits per heavy atom. The first-order chi connectivity index (χ1) is 9.09. The van der Waals surface area contributed by atoms with Gasteiger partial charge in [0.1, 0.15) is 9.71 Å². The molecular weight excluding hydrogens is 258 g/mol. The molecule has 19 heavy (non-hydrogen) atoms. The smallest absolute Gasteiger partial charge is 0.266 e. The van der Waals surface area contributed by atoms with Crippen molar-refractivity contribution in [2.45, 2.75) is 32.2 Å². The van der Waals surface area contributed by atoms with Gasteiger partial charge in [-0.3, -0.25) is 4.79 Å². The summed E-state index contributed by atoms with van der Waals surface area (Å²) >= 11 is 1.40. The van der Waals surface area contributed by atoms with Crippen molar-refractivity contribution >= 4 is 33.1 Å². The third-order valence-electron chi connectivity index (χ3n) is 3.97. The number of anilines is 1. The number of pyridine rings is 1. The third-order valence-corrected chi connectivity index (χ3v) is 5.08. The Balaban J connectivity index is 2.03. The van der Waals surface area contributed by atoms with E-state index in [0.29, 0.717) is 16.6 Å². The summed E-state index contributed by atoms with van der Waals surface area (Å²) in [4.78, 5) is 20.1. The normalized spacial score (nSPS) is 15.5. The summed E-state index contributed by atoms with van der Waals surface area (Å²) in [5.74, 6) is 0.0320. The van der Waals surface area contributed by atoms with Crippen LogP contribution in [0.3, 0.4) is 0 Å². The predicted octanol–water partition coefficient (Wildman–Crippen LogP) is 2.81. The van der Waals surface area contributed by atoms with Crippen LogP contribution in [-0.4, -0.2) is 28.9 Å². The molecule has 0 spiro atoms. The number of hydrogen-bond acceptors (Lipinski definition) is 4. The number of carbonyl (C=O) groups is 1. The molecular formula is C14H17N3OS. The van der Waals surface area contributed by atoms with Crippen LogP contribution >= 0.6 is 11.3 Å². The Morgan fingerprint density at radius 3 is 2.84 bits per heavy atom.